The molecule has 0 bridgehead atoms. The number of unbranched alkanes of at least 4 members (excludes halogenated alkanes) is 18. The summed E-state index contributed by atoms with van der Waals surface area (Å²) in [6.45, 7) is 9.63. The van der Waals surface area contributed by atoms with Crippen molar-refractivity contribution in [2.75, 3.05) is 13.2 Å². The molecule has 0 atom stereocenters. The molecule has 1 heterocycles. The molecule has 5 heteroatoms. The average Bonchev–Trinajstić information content (AvgIpc) is 3.49. The summed E-state index contributed by atoms with van der Waals surface area (Å²) in [7, 11) is 0. The van der Waals surface area contributed by atoms with Crippen LogP contribution in [0.4, 0.5) is 0 Å². The van der Waals surface area contributed by atoms with Crippen LogP contribution in [0.1, 0.15) is 171 Å². The number of thiophene rings is 1. The minimum Gasteiger partial charge on any atom is -0.493 e. The van der Waals surface area contributed by atoms with Gasteiger partial charge >= 0.3 is 0 Å². The molecule has 0 aliphatic carbocycles. The molecule has 0 amide bonds. The van der Waals surface area contributed by atoms with Crippen LogP contribution in [0.25, 0.3) is 17.2 Å². The second-order valence-electron chi connectivity index (χ2n) is 12.9. The SMILES string of the molecule is C/C=C(\C#N)c1cc(OCCCCCCCCCCCC)c(/C(C#N)=C/c2sccc2C)cc1OCCCCCCCCCCCC. The van der Waals surface area contributed by atoms with Crippen molar-refractivity contribution in [3.05, 3.63) is 51.2 Å². The predicted octanol–water partition coefficient (Wildman–Crippen LogP) is 13.6. The fraction of sp³-hybridized carbons (Fsp3) is 0.619. The number of benzene rings is 1. The maximum atomic E-state index is 10.3. The normalized spacial score (nSPS) is 11.8. The third-order valence-corrected chi connectivity index (χ3v) is 9.85. The molecule has 0 radical (unpaired) electrons. The first-order chi connectivity index (χ1) is 23.1. The summed E-state index contributed by atoms with van der Waals surface area (Å²) < 4.78 is 12.8. The molecule has 47 heavy (non-hydrogen) atoms. The number of nitriles is 2. The molecule has 1 aromatic carbocycles. The van der Waals surface area contributed by atoms with E-state index in [1.165, 1.54) is 103 Å². The van der Waals surface area contributed by atoms with Crippen molar-refractivity contribution < 1.29 is 9.47 Å². The number of ether oxygens (including phenoxy) is 2. The maximum Gasteiger partial charge on any atom is 0.128 e. The van der Waals surface area contributed by atoms with Crippen molar-refractivity contribution in [1.29, 1.82) is 10.5 Å². The summed E-state index contributed by atoms with van der Waals surface area (Å²) in [5.74, 6) is 1.28. The third-order valence-electron chi connectivity index (χ3n) is 8.88. The molecule has 1 aromatic heterocycles. The molecule has 0 saturated carbocycles. The minimum absolute atomic E-state index is 0.544. The Morgan fingerprint density at radius 3 is 1.40 bits per heavy atom. The quantitative estimate of drug-likeness (QED) is 0.0707. The average molecular weight is 659 g/mol. The van der Waals surface area contributed by atoms with Gasteiger partial charge in [0.25, 0.3) is 0 Å². The number of hydrogen-bond acceptors (Lipinski definition) is 5. The van der Waals surface area contributed by atoms with E-state index in [1.54, 1.807) is 11.3 Å². The first-order valence-electron chi connectivity index (χ1n) is 18.8. The van der Waals surface area contributed by atoms with Gasteiger partial charge in [-0.2, -0.15) is 10.5 Å². The van der Waals surface area contributed by atoms with Crippen molar-refractivity contribution in [1.82, 2.24) is 0 Å². The van der Waals surface area contributed by atoms with Gasteiger partial charge in [0.05, 0.1) is 36.5 Å². The van der Waals surface area contributed by atoms with E-state index >= 15 is 0 Å². The molecule has 0 N–H and O–H groups in total. The van der Waals surface area contributed by atoms with Crippen LogP contribution >= 0.6 is 11.3 Å². The zero-order valence-electron chi connectivity index (χ0n) is 30.1. The van der Waals surface area contributed by atoms with Crippen LogP contribution in [-0.2, 0) is 0 Å². The second-order valence-corrected chi connectivity index (χ2v) is 13.8. The van der Waals surface area contributed by atoms with Gasteiger partial charge in [0.1, 0.15) is 11.5 Å². The van der Waals surface area contributed by atoms with E-state index in [-0.39, 0.29) is 0 Å². The Labute approximate surface area is 291 Å². The zero-order chi connectivity index (χ0) is 34.0. The van der Waals surface area contributed by atoms with E-state index in [9.17, 15) is 10.5 Å². The van der Waals surface area contributed by atoms with E-state index in [0.29, 0.717) is 35.9 Å². The molecular formula is C42H62N2O2S. The maximum absolute atomic E-state index is 10.3. The van der Waals surface area contributed by atoms with Crippen LogP contribution in [0.2, 0.25) is 0 Å². The monoisotopic (exact) mass is 658 g/mol. The highest BCUT2D eigenvalue weighted by atomic mass is 32.1. The topological polar surface area (TPSA) is 66.0 Å². The van der Waals surface area contributed by atoms with Crippen LogP contribution < -0.4 is 9.47 Å². The zero-order valence-corrected chi connectivity index (χ0v) is 31.0. The van der Waals surface area contributed by atoms with Gasteiger partial charge in [0.15, 0.2) is 0 Å². The Kier molecular flexibility index (Phi) is 22.2. The van der Waals surface area contributed by atoms with E-state index in [1.807, 2.05) is 36.6 Å². The van der Waals surface area contributed by atoms with Gasteiger partial charge in [-0.05, 0) is 61.9 Å². The molecule has 0 unspecified atom stereocenters. The van der Waals surface area contributed by atoms with Crippen LogP contribution in [0.15, 0.2) is 29.7 Å². The fourth-order valence-electron chi connectivity index (χ4n) is 5.88. The fourth-order valence-corrected chi connectivity index (χ4v) is 6.74. The van der Waals surface area contributed by atoms with Gasteiger partial charge in [-0.25, -0.2) is 0 Å². The van der Waals surface area contributed by atoms with Crippen LogP contribution in [0.5, 0.6) is 11.5 Å². The van der Waals surface area contributed by atoms with Crippen LogP contribution in [0, 0.1) is 29.6 Å². The van der Waals surface area contributed by atoms with Crippen molar-refractivity contribution in [2.24, 2.45) is 0 Å². The molecule has 2 rings (SSSR count). The highest BCUT2D eigenvalue weighted by Gasteiger charge is 2.19. The summed E-state index contributed by atoms with van der Waals surface area (Å²) in [6.07, 6.45) is 29.0. The molecule has 4 nitrogen and oxygen atoms in total. The molecule has 2 aromatic rings. The van der Waals surface area contributed by atoms with Gasteiger partial charge in [0.2, 0.25) is 0 Å². The van der Waals surface area contributed by atoms with Gasteiger partial charge in [-0.3, -0.25) is 0 Å². The van der Waals surface area contributed by atoms with Crippen molar-refractivity contribution in [2.45, 2.75) is 156 Å². The lowest BCUT2D eigenvalue weighted by Crippen LogP contribution is -2.05. The Bertz CT molecular complexity index is 1280. The molecule has 258 valence electrons. The van der Waals surface area contributed by atoms with Crippen molar-refractivity contribution in [3.8, 4) is 23.6 Å². The highest BCUT2D eigenvalue weighted by molar-refractivity contribution is 7.11. The summed E-state index contributed by atoms with van der Waals surface area (Å²) in [4.78, 5) is 1.06. The third kappa shape index (κ3) is 16.1. The first kappa shape index (κ1) is 40.2. The van der Waals surface area contributed by atoms with Gasteiger partial charge in [-0.15, -0.1) is 11.3 Å². The van der Waals surface area contributed by atoms with Crippen molar-refractivity contribution >= 4 is 28.6 Å². The Morgan fingerprint density at radius 1 is 0.638 bits per heavy atom. The first-order valence-corrected chi connectivity index (χ1v) is 19.6. The summed E-state index contributed by atoms with van der Waals surface area (Å²) in [5, 5.41) is 22.4. The van der Waals surface area contributed by atoms with Gasteiger partial charge in [-0.1, -0.05) is 135 Å². The lowest BCUT2D eigenvalue weighted by Gasteiger charge is -2.17. The lowest BCUT2D eigenvalue weighted by atomic mass is 9.97. The highest BCUT2D eigenvalue weighted by Crippen LogP contribution is 2.38. The Hall–Kier alpha value is -3.02. The molecule has 0 saturated heterocycles. The van der Waals surface area contributed by atoms with E-state index in [4.69, 9.17) is 9.47 Å². The molecule has 0 aliphatic heterocycles. The van der Waals surface area contributed by atoms with Crippen LogP contribution in [0.3, 0.4) is 0 Å². The number of hydrogen-bond donors (Lipinski definition) is 0. The van der Waals surface area contributed by atoms with Gasteiger partial charge < -0.3 is 9.47 Å². The van der Waals surface area contributed by atoms with E-state index in [2.05, 4.69) is 39.0 Å². The largest absolute Gasteiger partial charge is 0.493 e. The molecular weight excluding hydrogens is 597 g/mol. The lowest BCUT2D eigenvalue weighted by molar-refractivity contribution is 0.295. The summed E-state index contributed by atoms with van der Waals surface area (Å²) >= 11 is 1.63. The standard InChI is InChI=1S/C42H62N2O2S/c1-5-8-10-12-14-16-18-20-22-24-27-45-40-32-39(37(34-44)30-42-35(4)26-29-47-42)41(31-38(40)36(7-3)33-43)46-28-25-23-21-19-17-15-13-11-9-6-2/h7,26,29-32H,5-6,8-25,27-28H2,1-4H3/b36-7+,37-30+. The van der Waals surface area contributed by atoms with Crippen molar-refractivity contribution in [3.63, 3.8) is 0 Å². The van der Waals surface area contributed by atoms with Gasteiger partial charge in [0, 0.05) is 16.0 Å². The number of aryl methyl sites for hydroxylation is 1. The summed E-state index contributed by atoms with van der Waals surface area (Å²) in [6, 6.07) is 10.7. The minimum atomic E-state index is 0.544. The smallest absolute Gasteiger partial charge is 0.128 e. The Morgan fingerprint density at radius 2 is 1.04 bits per heavy atom. The molecule has 0 fully saturated rings. The predicted molar refractivity (Wildman–Crippen MR) is 203 cm³/mol. The number of nitrogens with zero attached hydrogens (tertiary/aromatic N) is 2. The van der Waals surface area contributed by atoms with E-state index < -0.39 is 0 Å². The van der Waals surface area contributed by atoms with Crippen LogP contribution in [-0.4, -0.2) is 13.2 Å². The second kappa shape index (κ2) is 26.0. The number of allylic oxidation sites excluding steroid dienone is 3. The van der Waals surface area contributed by atoms with E-state index in [0.717, 1.165) is 47.3 Å². The summed E-state index contributed by atoms with van der Waals surface area (Å²) in [5.41, 5.74) is 3.69. The molecule has 0 aliphatic rings. The Balaban J connectivity index is 2.12. The molecule has 0 spiro atoms. The number of rotatable bonds is 27.